The molecule has 3 N–H and O–H groups in total. The fourth-order valence-electron chi connectivity index (χ4n) is 4.10. The third-order valence-electron chi connectivity index (χ3n) is 6.07. The van der Waals surface area contributed by atoms with Crippen LogP contribution < -0.4 is 17.0 Å². The summed E-state index contributed by atoms with van der Waals surface area (Å²) in [5.41, 5.74) is 7.14. The van der Waals surface area contributed by atoms with Gasteiger partial charge in [-0.1, -0.05) is 29.8 Å². The van der Waals surface area contributed by atoms with Gasteiger partial charge in [-0.15, -0.1) is 0 Å². The first-order valence-electron chi connectivity index (χ1n) is 10.8. The maximum Gasteiger partial charge on any atom is 0.330 e. The highest BCUT2D eigenvalue weighted by atomic mass is 16.5. The van der Waals surface area contributed by atoms with Crippen LogP contribution in [0.4, 0.5) is 5.82 Å². The fraction of sp³-hybridized carbons (Fsp3) is 0.522. The summed E-state index contributed by atoms with van der Waals surface area (Å²) >= 11 is 0. The first kappa shape index (κ1) is 23.0. The Bertz CT molecular complexity index is 1000. The summed E-state index contributed by atoms with van der Waals surface area (Å²) in [6.45, 7) is 4.26. The number of methoxy groups -OCH3 is 1. The van der Waals surface area contributed by atoms with Crippen LogP contribution in [0.5, 0.6) is 0 Å². The highest BCUT2D eigenvalue weighted by Gasteiger charge is 2.24. The van der Waals surface area contributed by atoms with Crippen molar-refractivity contribution >= 4 is 11.6 Å². The van der Waals surface area contributed by atoms with Crippen molar-refractivity contribution in [3.8, 4) is 0 Å². The molecule has 2 heterocycles. The number of carbonyl (C=O) groups excluding carboxylic acids is 1. The van der Waals surface area contributed by atoms with E-state index in [9.17, 15) is 14.4 Å². The second kappa shape index (κ2) is 10.5. The highest BCUT2D eigenvalue weighted by Crippen LogP contribution is 2.23. The highest BCUT2D eigenvalue weighted by molar-refractivity contribution is 6.01. The number of ether oxygens (including phenoxy) is 1. The number of ketones is 1. The Morgan fingerprint density at radius 2 is 1.87 bits per heavy atom. The molecule has 0 aliphatic carbocycles. The molecule has 0 spiro atoms. The number of Topliss-reactive ketones (excluding diaryl/α,β-unsaturated/α-hetero) is 1. The number of anilines is 1. The number of aryl methyl sites for hydroxylation is 2. The zero-order valence-electron chi connectivity index (χ0n) is 18.4. The van der Waals surface area contributed by atoms with Gasteiger partial charge >= 0.3 is 5.69 Å². The Morgan fingerprint density at radius 1 is 1.19 bits per heavy atom. The molecule has 168 valence electrons. The monoisotopic (exact) mass is 428 g/mol. The Morgan fingerprint density at radius 3 is 2.52 bits per heavy atom. The van der Waals surface area contributed by atoms with Crippen LogP contribution in [0.3, 0.4) is 0 Å². The molecule has 1 saturated heterocycles. The molecule has 0 amide bonds. The van der Waals surface area contributed by atoms with Gasteiger partial charge in [-0.05, 0) is 57.2 Å². The first-order valence-corrected chi connectivity index (χ1v) is 10.8. The van der Waals surface area contributed by atoms with Crippen LogP contribution in [0.1, 0.15) is 40.7 Å². The fourth-order valence-corrected chi connectivity index (χ4v) is 4.10. The van der Waals surface area contributed by atoms with Gasteiger partial charge in [-0.3, -0.25) is 24.0 Å². The van der Waals surface area contributed by atoms with E-state index in [4.69, 9.17) is 10.5 Å². The minimum absolute atomic E-state index is 0.0937. The molecular weight excluding hydrogens is 396 g/mol. The second-order valence-corrected chi connectivity index (χ2v) is 8.33. The quantitative estimate of drug-likeness (QED) is 0.587. The number of aromatic amines is 1. The number of nitrogens with zero attached hydrogens (tertiary/aromatic N) is 2. The molecule has 2 aromatic rings. The zero-order chi connectivity index (χ0) is 22.4. The van der Waals surface area contributed by atoms with Gasteiger partial charge in [0.25, 0.3) is 5.56 Å². The number of H-pyrrole nitrogens is 1. The van der Waals surface area contributed by atoms with Crippen molar-refractivity contribution in [3.63, 3.8) is 0 Å². The van der Waals surface area contributed by atoms with Crippen LogP contribution in [0.25, 0.3) is 0 Å². The molecule has 8 heteroatoms. The molecule has 0 radical (unpaired) electrons. The number of hydrogen-bond acceptors (Lipinski definition) is 6. The van der Waals surface area contributed by atoms with E-state index in [-0.39, 0.29) is 36.9 Å². The summed E-state index contributed by atoms with van der Waals surface area (Å²) < 4.78 is 6.15. The van der Waals surface area contributed by atoms with Crippen LogP contribution in [-0.2, 0) is 17.7 Å². The third kappa shape index (κ3) is 5.92. The predicted molar refractivity (Wildman–Crippen MR) is 121 cm³/mol. The number of rotatable bonds is 9. The lowest BCUT2D eigenvalue weighted by atomic mass is 9.90. The number of benzene rings is 1. The molecule has 1 fully saturated rings. The van der Waals surface area contributed by atoms with E-state index in [0.717, 1.165) is 38.8 Å². The van der Waals surface area contributed by atoms with Crippen molar-refractivity contribution in [1.82, 2.24) is 14.5 Å². The number of likely N-dealkylation sites (tertiary alicyclic amines) is 1. The van der Waals surface area contributed by atoms with Gasteiger partial charge in [0.15, 0.2) is 5.78 Å². The molecule has 1 aliphatic rings. The van der Waals surface area contributed by atoms with Gasteiger partial charge in [0.2, 0.25) is 0 Å². The van der Waals surface area contributed by atoms with Crippen molar-refractivity contribution in [2.75, 3.05) is 39.1 Å². The predicted octanol–water partition coefficient (Wildman–Crippen LogP) is 1.60. The number of aromatic nitrogens is 2. The first-order chi connectivity index (χ1) is 14.9. The van der Waals surface area contributed by atoms with Crippen molar-refractivity contribution in [2.45, 2.75) is 39.2 Å². The summed E-state index contributed by atoms with van der Waals surface area (Å²) in [6, 6.07) is 8.68. The van der Waals surface area contributed by atoms with Gasteiger partial charge < -0.3 is 10.5 Å². The average molecular weight is 429 g/mol. The van der Waals surface area contributed by atoms with E-state index < -0.39 is 11.2 Å². The van der Waals surface area contributed by atoms with Gasteiger partial charge in [-0.25, -0.2) is 4.79 Å². The Kier molecular flexibility index (Phi) is 7.81. The van der Waals surface area contributed by atoms with E-state index in [1.54, 1.807) is 0 Å². The molecule has 0 atom stereocenters. The standard InChI is InChI=1S/C23H32N4O4/c1-16-3-5-17(6-4-16)7-8-18-9-11-26(12-10-18)15-19(28)20-21(24)27(13-14-31-2)23(30)25-22(20)29/h3-6,18H,7-15,24H2,1-2H3,(H,25,29,30). The molecule has 1 aromatic heterocycles. The lowest BCUT2D eigenvalue weighted by Gasteiger charge is -2.31. The van der Waals surface area contributed by atoms with Crippen molar-refractivity contribution < 1.29 is 9.53 Å². The minimum atomic E-state index is -0.728. The van der Waals surface area contributed by atoms with Gasteiger partial charge in [0.05, 0.1) is 19.7 Å². The maximum absolute atomic E-state index is 12.8. The lowest BCUT2D eigenvalue weighted by Crippen LogP contribution is -2.41. The summed E-state index contributed by atoms with van der Waals surface area (Å²) in [5.74, 6) is 0.184. The van der Waals surface area contributed by atoms with Crippen LogP contribution >= 0.6 is 0 Å². The second-order valence-electron chi connectivity index (χ2n) is 8.33. The van der Waals surface area contributed by atoms with Crippen LogP contribution in [0, 0.1) is 12.8 Å². The summed E-state index contributed by atoms with van der Waals surface area (Å²) in [7, 11) is 1.50. The molecule has 0 bridgehead atoms. The summed E-state index contributed by atoms with van der Waals surface area (Å²) in [6.07, 6.45) is 4.26. The number of nitrogen functional groups attached to an aromatic ring is 1. The number of carbonyl (C=O) groups is 1. The molecule has 8 nitrogen and oxygen atoms in total. The van der Waals surface area contributed by atoms with Crippen molar-refractivity contribution in [2.24, 2.45) is 5.92 Å². The topological polar surface area (TPSA) is 110 Å². The van der Waals surface area contributed by atoms with Gasteiger partial charge in [0.1, 0.15) is 11.4 Å². The normalized spacial score (nSPS) is 15.3. The molecule has 1 aromatic carbocycles. The SMILES string of the molecule is COCCn1c(N)c(C(=O)CN2CCC(CCc3ccc(C)cc3)CC2)c(=O)[nH]c1=O. The van der Waals surface area contributed by atoms with E-state index in [1.807, 2.05) is 0 Å². The van der Waals surface area contributed by atoms with E-state index in [1.165, 1.54) is 22.8 Å². The number of nitrogens with two attached hydrogens (primary N) is 1. The smallest absolute Gasteiger partial charge is 0.330 e. The third-order valence-corrected chi connectivity index (χ3v) is 6.07. The Labute approximate surface area is 182 Å². The average Bonchev–Trinajstić information content (AvgIpc) is 2.74. The summed E-state index contributed by atoms with van der Waals surface area (Å²) in [4.78, 5) is 41.3. The molecular formula is C23H32N4O4. The maximum atomic E-state index is 12.8. The number of hydrogen-bond donors (Lipinski definition) is 2. The molecule has 0 unspecified atom stereocenters. The van der Waals surface area contributed by atoms with Crippen molar-refractivity contribution in [3.05, 3.63) is 61.8 Å². The number of piperidine rings is 1. The van der Waals surface area contributed by atoms with E-state index >= 15 is 0 Å². The van der Waals surface area contributed by atoms with E-state index in [0.29, 0.717) is 5.92 Å². The van der Waals surface area contributed by atoms with Crippen LogP contribution in [0.2, 0.25) is 0 Å². The van der Waals surface area contributed by atoms with Gasteiger partial charge in [-0.2, -0.15) is 0 Å². The molecule has 3 rings (SSSR count). The van der Waals surface area contributed by atoms with Crippen LogP contribution in [-0.4, -0.2) is 53.6 Å². The number of nitrogens with one attached hydrogen (secondary N) is 1. The van der Waals surface area contributed by atoms with E-state index in [2.05, 4.69) is 41.1 Å². The van der Waals surface area contributed by atoms with Gasteiger partial charge in [0, 0.05) is 7.11 Å². The Hall–Kier alpha value is -2.71. The largest absolute Gasteiger partial charge is 0.384 e. The van der Waals surface area contributed by atoms with Crippen LogP contribution in [0.15, 0.2) is 33.9 Å². The minimum Gasteiger partial charge on any atom is -0.384 e. The zero-order valence-corrected chi connectivity index (χ0v) is 18.4. The molecule has 0 saturated carbocycles. The lowest BCUT2D eigenvalue weighted by molar-refractivity contribution is 0.0891. The summed E-state index contributed by atoms with van der Waals surface area (Å²) in [5, 5.41) is 0. The van der Waals surface area contributed by atoms with Crippen molar-refractivity contribution in [1.29, 1.82) is 0 Å². The Balaban J connectivity index is 1.55. The molecule has 31 heavy (non-hydrogen) atoms. The molecule has 1 aliphatic heterocycles.